The molecule has 0 aliphatic carbocycles. The maximum Gasteiger partial charge on any atom is 0.239 e. The second-order valence-electron chi connectivity index (χ2n) is 6.66. The molecule has 7 nitrogen and oxygen atoms in total. The van der Waals surface area contributed by atoms with E-state index < -0.39 is 0 Å². The summed E-state index contributed by atoms with van der Waals surface area (Å²) in [4.78, 5) is 12.7. The Hall–Kier alpha value is -2.51. The molecule has 146 valence electrons. The number of aryl methyl sites for hydroxylation is 1. The van der Waals surface area contributed by atoms with E-state index >= 15 is 0 Å². The lowest BCUT2D eigenvalue weighted by Crippen LogP contribution is -2.44. The fourth-order valence-electron chi connectivity index (χ4n) is 3.32. The summed E-state index contributed by atoms with van der Waals surface area (Å²) in [6.45, 7) is 3.95. The van der Waals surface area contributed by atoms with Gasteiger partial charge in [0.05, 0.1) is 26.3 Å². The van der Waals surface area contributed by atoms with Crippen molar-refractivity contribution in [2.45, 2.75) is 44.8 Å². The van der Waals surface area contributed by atoms with Crippen LogP contribution in [-0.4, -0.2) is 26.2 Å². The minimum Gasteiger partial charge on any atom is -0.493 e. The van der Waals surface area contributed by atoms with Crippen molar-refractivity contribution < 1.29 is 18.7 Å². The predicted octanol–water partition coefficient (Wildman–Crippen LogP) is 2.78. The average Bonchev–Trinajstić information content (AvgIpc) is 3.34. The van der Waals surface area contributed by atoms with Gasteiger partial charge in [-0.3, -0.25) is 4.79 Å². The van der Waals surface area contributed by atoms with Crippen molar-refractivity contribution in [2.24, 2.45) is 0 Å². The summed E-state index contributed by atoms with van der Waals surface area (Å²) < 4.78 is 16.3. The normalized spacial score (nSPS) is 20.3. The fraction of sp³-hybridized carbons (Fsp3) is 0.450. The number of ether oxygens (including phenoxy) is 2. The monoisotopic (exact) mass is 373 g/mol. The van der Waals surface area contributed by atoms with Crippen molar-refractivity contribution in [2.75, 3.05) is 14.2 Å². The number of methoxy groups -OCH3 is 2. The summed E-state index contributed by atoms with van der Waals surface area (Å²) >= 11 is 0. The molecule has 1 aliphatic rings. The zero-order chi connectivity index (χ0) is 19.4. The number of carbonyl (C=O) groups excluding carboxylic acids is 1. The number of nitrogens with one attached hydrogen (secondary N) is 3. The van der Waals surface area contributed by atoms with E-state index in [0.29, 0.717) is 17.9 Å². The van der Waals surface area contributed by atoms with Gasteiger partial charge in [-0.2, -0.15) is 0 Å². The molecule has 27 heavy (non-hydrogen) atoms. The van der Waals surface area contributed by atoms with Gasteiger partial charge in [0.1, 0.15) is 17.6 Å². The molecule has 1 fully saturated rings. The van der Waals surface area contributed by atoms with Gasteiger partial charge in [0, 0.05) is 0 Å². The summed E-state index contributed by atoms with van der Waals surface area (Å²) in [6, 6.07) is 9.12. The van der Waals surface area contributed by atoms with Crippen molar-refractivity contribution in [1.29, 1.82) is 0 Å². The number of carbonyl (C=O) groups is 1. The molecular weight excluding hydrogens is 346 g/mol. The first-order valence-electron chi connectivity index (χ1n) is 9.15. The van der Waals surface area contributed by atoms with Crippen LogP contribution in [0.15, 0.2) is 34.7 Å². The van der Waals surface area contributed by atoms with Crippen LogP contribution in [0.1, 0.15) is 48.9 Å². The van der Waals surface area contributed by atoms with Crippen LogP contribution < -0.4 is 25.6 Å². The quantitative estimate of drug-likeness (QED) is 0.692. The first-order valence-corrected chi connectivity index (χ1v) is 9.15. The highest BCUT2D eigenvalue weighted by atomic mass is 16.5. The van der Waals surface area contributed by atoms with Crippen LogP contribution in [0.25, 0.3) is 0 Å². The van der Waals surface area contributed by atoms with Gasteiger partial charge in [-0.05, 0) is 49.6 Å². The van der Waals surface area contributed by atoms with Gasteiger partial charge < -0.3 is 19.2 Å². The van der Waals surface area contributed by atoms with Gasteiger partial charge in [-0.15, -0.1) is 0 Å². The molecule has 1 saturated heterocycles. The lowest BCUT2D eigenvalue weighted by atomic mass is 10.0. The second-order valence-corrected chi connectivity index (χ2v) is 6.66. The third-order valence-electron chi connectivity index (χ3n) is 4.86. The van der Waals surface area contributed by atoms with E-state index in [9.17, 15) is 4.79 Å². The molecule has 0 spiro atoms. The van der Waals surface area contributed by atoms with Gasteiger partial charge in [0.2, 0.25) is 5.91 Å². The fourth-order valence-corrected chi connectivity index (χ4v) is 3.32. The van der Waals surface area contributed by atoms with Crippen molar-refractivity contribution in [3.63, 3.8) is 0 Å². The average molecular weight is 373 g/mol. The Morgan fingerprint density at radius 1 is 1.22 bits per heavy atom. The van der Waals surface area contributed by atoms with Crippen molar-refractivity contribution in [3.05, 3.63) is 47.4 Å². The van der Waals surface area contributed by atoms with Crippen LogP contribution in [0.4, 0.5) is 0 Å². The standard InChI is InChI=1S/C20H27N3O4/c1-5-14(13-7-9-18(25-3)19(10-13)26-4)21-20(24)16-11-15(22-23-16)17-8-6-12(2)27-17/h6-10,14-16,22-23H,5,11H2,1-4H3,(H,21,24). The zero-order valence-electron chi connectivity index (χ0n) is 16.2. The number of amides is 1. The molecule has 1 aromatic heterocycles. The molecule has 0 radical (unpaired) electrons. The summed E-state index contributed by atoms with van der Waals surface area (Å²) in [5, 5.41) is 3.12. The summed E-state index contributed by atoms with van der Waals surface area (Å²) in [5.74, 6) is 2.97. The molecule has 1 amide bonds. The molecule has 1 aliphatic heterocycles. The molecular formula is C20H27N3O4. The van der Waals surface area contributed by atoms with Gasteiger partial charge in [0.15, 0.2) is 11.5 Å². The largest absolute Gasteiger partial charge is 0.493 e. The number of hydrogen-bond acceptors (Lipinski definition) is 6. The Labute approximate surface area is 159 Å². The SMILES string of the molecule is CCC(NC(=O)C1CC(c2ccc(C)o2)NN1)c1ccc(OC)c(OC)c1. The summed E-state index contributed by atoms with van der Waals surface area (Å²) in [6.07, 6.45) is 1.39. The lowest BCUT2D eigenvalue weighted by molar-refractivity contribution is -0.123. The summed E-state index contributed by atoms with van der Waals surface area (Å²) in [5.41, 5.74) is 7.19. The Bertz CT molecular complexity index is 789. The third-order valence-corrected chi connectivity index (χ3v) is 4.86. The number of hydrazine groups is 1. The van der Waals surface area contributed by atoms with Crippen molar-refractivity contribution in [3.8, 4) is 11.5 Å². The Morgan fingerprint density at radius 2 is 2.00 bits per heavy atom. The Morgan fingerprint density at radius 3 is 2.63 bits per heavy atom. The molecule has 0 bridgehead atoms. The Kier molecular flexibility index (Phi) is 6.03. The first kappa shape index (κ1) is 19.3. The number of rotatable bonds is 7. The number of hydrogen-bond donors (Lipinski definition) is 3. The molecule has 3 N–H and O–H groups in total. The highest BCUT2D eigenvalue weighted by molar-refractivity contribution is 5.82. The third kappa shape index (κ3) is 4.26. The molecule has 3 rings (SSSR count). The number of furan rings is 1. The van der Waals surface area contributed by atoms with E-state index in [1.54, 1.807) is 14.2 Å². The maximum absolute atomic E-state index is 12.7. The highest BCUT2D eigenvalue weighted by Crippen LogP contribution is 2.31. The van der Waals surface area contributed by atoms with E-state index in [-0.39, 0.29) is 24.0 Å². The van der Waals surface area contributed by atoms with Gasteiger partial charge in [-0.25, -0.2) is 10.9 Å². The lowest BCUT2D eigenvalue weighted by Gasteiger charge is -2.21. The van der Waals surface area contributed by atoms with Crippen LogP contribution in [-0.2, 0) is 4.79 Å². The van der Waals surface area contributed by atoms with Crippen LogP contribution in [0.3, 0.4) is 0 Å². The van der Waals surface area contributed by atoms with Gasteiger partial charge >= 0.3 is 0 Å². The van der Waals surface area contributed by atoms with Crippen LogP contribution in [0.5, 0.6) is 11.5 Å². The van der Waals surface area contributed by atoms with E-state index in [0.717, 1.165) is 23.5 Å². The number of benzene rings is 1. The van der Waals surface area contributed by atoms with Gasteiger partial charge in [-0.1, -0.05) is 13.0 Å². The van der Waals surface area contributed by atoms with Crippen LogP contribution in [0, 0.1) is 6.92 Å². The maximum atomic E-state index is 12.7. The Balaban J connectivity index is 1.65. The van der Waals surface area contributed by atoms with E-state index in [4.69, 9.17) is 13.9 Å². The topological polar surface area (TPSA) is 84.8 Å². The second kappa shape index (κ2) is 8.45. The molecule has 3 unspecified atom stereocenters. The molecule has 1 aromatic carbocycles. The van der Waals surface area contributed by atoms with Crippen LogP contribution >= 0.6 is 0 Å². The smallest absolute Gasteiger partial charge is 0.239 e. The molecule has 7 heteroatoms. The first-order chi connectivity index (χ1) is 13.0. The zero-order valence-corrected chi connectivity index (χ0v) is 16.2. The highest BCUT2D eigenvalue weighted by Gasteiger charge is 2.32. The van der Waals surface area contributed by atoms with Gasteiger partial charge in [0.25, 0.3) is 0 Å². The minimum absolute atomic E-state index is 0.0180. The minimum atomic E-state index is -0.324. The van der Waals surface area contributed by atoms with E-state index in [1.807, 2.05) is 44.2 Å². The molecule has 3 atom stereocenters. The molecule has 2 aromatic rings. The van der Waals surface area contributed by atoms with E-state index in [1.165, 1.54) is 0 Å². The predicted molar refractivity (Wildman–Crippen MR) is 102 cm³/mol. The van der Waals surface area contributed by atoms with E-state index in [2.05, 4.69) is 16.2 Å². The van der Waals surface area contributed by atoms with Crippen molar-refractivity contribution in [1.82, 2.24) is 16.2 Å². The molecule has 0 saturated carbocycles. The summed E-state index contributed by atoms with van der Waals surface area (Å²) in [7, 11) is 3.21. The van der Waals surface area contributed by atoms with Crippen LogP contribution in [0.2, 0.25) is 0 Å². The molecule has 2 heterocycles. The van der Waals surface area contributed by atoms with Crippen molar-refractivity contribution >= 4 is 5.91 Å².